The van der Waals surface area contributed by atoms with Crippen molar-refractivity contribution in [1.82, 2.24) is 21.8 Å². The molecule has 0 fully saturated rings. The summed E-state index contributed by atoms with van der Waals surface area (Å²) in [4.78, 5) is 24.2. The molecule has 8 nitrogen and oxygen atoms in total. The van der Waals surface area contributed by atoms with Crippen LogP contribution in [0, 0.1) is 0 Å². The molecule has 180 valence electrons. The molecule has 9 heteroatoms. The number of hydrogen-bond acceptors (Lipinski definition) is 4. The zero-order valence-electron chi connectivity index (χ0n) is 19.4. The maximum absolute atomic E-state index is 9.90. The first-order chi connectivity index (χ1) is 13.8. The Hall–Kier alpha value is -2.70. The summed E-state index contributed by atoms with van der Waals surface area (Å²) in [5.41, 5.74) is 0.406. The largest absolute Gasteiger partial charge is 0.465 e. The minimum Gasteiger partial charge on any atom is -0.465 e. The Bertz CT molecular complexity index is 918. The zero-order chi connectivity index (χ0) is 22.9. The number of carbonyl (C=O) groups is 2. The van der Waals surface area contributed by atoms with Crippen LogP contribution in [0.5, 0.6) is 0 Å². The van der Waals surface area contributed by atoms with Crippen LogP contribution < -0.4 is 16.8 Å². The molecule has 1 heterocycles. The van der Waals surface area contributed by atoms with Crippen molar-refractivity contribution < 1.29 is 40.9 Å². The van der Waals surface area contributed by atoms with Gasteiger partial charge in [0.15, 0.2) is 0 Å². The van der Waals surface area contributed by atoms with Gasteiger partial charge in [-0.05, 0) is 53.0 Å². The van der Waals surface area contributed by atoms with Crippen molar-refractivity contribution in [3.63, 3.8) is 0 Å². The summed E-state index contributed by atoms with van der Waals surface area (Å²) in [6.07, 6.45) is -0.0208. The number of carboxylic acid groups (broad SMARTS) is 2. The van der Waals surface area contributed by atoms with E-state index in [1.54, 1.807) is 41.5 Å². The van der Waals surface area contributed by atoms with Gasteiger partial charge in [0.1, 0.15) is 0 Å². The molecule has 2 aromatic carbocycles. The molecule has 0 saturated carbocycles. The van der Waals surface area contributed by atoms with E-state index in [1.807, 2.05) is 24.4 Å². The molecule has 7 N–H and O–H groups in total. The minimum atomic E-state index is -0.975. The van der Waals surface area contributed by atoms with E-state index in [-0.39, 0.29) is 38.3 Å². The number of hydrogen-bond donors (Lipinski definition) is 5. The van der Waals surface area contributed by atoms with Crippen LogP contribution >= 0.6 is 0 Å². The van der Waals surface area contributed by atoms with Crippen molar-refractivity contribution in [3.05, 3.63) is 54.7 Å². The second kappa shape index (κ2) is 13.7. The van der Waals surface area contributed by atoms with Gasteiger partial charge in [-0.2, -0.15) is 0 Å². The van der Waals surface area contributed by atoms with E-state index in [4.69, 9.17) is 10.2 Å². The molecule has 2 amide bonds. The van der Waals surface area contributed by atoms with Crippen LogP contribution in [0.2, 0.25) is 0 Å². The van der Waals surface area contributed by atoms with Gasteiger partial charge < -0.3 is 27.0 Å². The first-order valence-corrected chi connectivity index (χ1v) is 9.53. The van der Waals surface area contributed by atoms with Gasteiger partial charge in [0, 0.05) is 49.1 Å². The number of para-hydroxylation sites is 1. The summed E-state index contributed by atoms with van der Waals surface area (Å²) in [6.45, 7) is 10.8. The number of benzene rings is 2. The third kappa shape index (κ3) is 12.9. The molecular weight excluding hydrogens is 591 g/mol. The molecule has 0 aliphatic carbocycles. The molecule has 1 aromatic heterocycles. The molecule has 0 aliphatic heterocycles. The van der Waals surface area contributed by atoms with Crippen LogP contribution in [-0.2, 0) is 21.1 Å². The fourth-order valence-corrected chi connectivity index (χ4v) is 2.45. The van der Waals surface area contributed by atoms with E-state index < -0.39 is 12.2 Å². The molecule has 3 aromatic rings. The number of fused-ring (bicyclic) bond motifs is 3. The number of rotatable bonds is 0. The van der Waals surface area contributed by atoms with E-state index in [0.717, 1.165) is 5.52 Å². The molecule has 0 atom stereocenters. The Morgan fingerprint density at radius 3 is 1.56 bits per heavy atom. The molecular formula is C23H34N4O4Pt. The molecule has 0 bridgehead atoms. The van der Waals surface area contributed by atoms with Gasteiger partial charge in [-0.1, -0.05) is 42.5 Å². The molecule has 0 aliphatic rings. The SMILES string of the molecule is CC(C)(C)NC(=O)O.CC(C)(C)NC(=O)O.N.[Pt].c1ccc2c(c1)cnc1ccccc12. The third-order valence-electron chi connectivity index (χ3n) is 3.46. The second-order valence-corrected chi connectivity index (χ2v) is 8.72. The number of nitrogens with zero attached hydrogens (tertiary/aromatic N) is 1. The van der Waals surface area contributed by atoms with Crippen LogP contribution in [0.15, 0.2) is 54.7 Å². The number of aromatic nitrogens is 1. The molecule has 3 rings (SSSR count). The summed E-state index contributed by atoms with van der Waals surface area (Å²) < 4.78 is 0. The minimum absolute atomic E-state index is 0. The standard InChI is InChI=1S/C13H9N.2C5H11NO2.H3N.Pt/c1-2-6-11-10(5-1)9-14-13-8-4-3-7-12(11)13;2*1-5(2,3)6-4(7)8;;/h1-9H;2*6H,1-3H3,(H,7,8);1H3;. The van der Waals surface area contributed by atoms with Crippen LogP contribution in [0.1, 0.15) is 41.5 Å². The van der Waals surface area contributed by atoms with Crippen LogP contribution in [0.4, 0.5) is 9.59 Å². The predicted octanol–water partition coefficient (Wildman–Crippen LogP) is 5.65. The Morgan fingerprint density at radius 1 is 0.750 bits per heavy atom. The molecule has 32 heavy (non-hydrogen) atoms. The average molecular weight is 626 g/mol. The quantitative estimate of drug-likeness (QED) is 0.204. The first-order valence-electron chi connectivity index (χ1n) is 9.53. The predicted molar refractivity (Wildman–Crippen MR) is 126 cm³/mol. The van der Waals surface area contributed by atoms with Crippen molar-refractivity contribution in [1.29, 1.82) is 0 Å². The summed E-state index contributed by atoms with van der Waals surface area (Å²) in [6, 6.07) is 16.6. The van der Waals surface area contributed by atoms with Gasteiger partial charge >= 0.3 is 12.2 Å². The Labute approximate surface area is 203 Å². The van der Waals surface area contributed by atoms with Crippen LogP contribution in [-0.4, -0.2) is 38.5 Å². The zero-order valence-corrected chi connectivity index (χ0v) is 21.6. The fraction of sp³-hybridized carbons (Fsp3) is 0.348. The van der Waals surface area contributed by atoms with Crippen molar-refractivity contribution in [2.45, 2.75) is 52.6 Å². The molecule has 0 radical (unpaired) electrons. The smallest absolute Gasteiger partial charge is 0.405 e. The van der Waals surface area contributed by atoms with Crippen molar-refractivity contribution in [2.75, 3.05) is 0 Å². The van der Waals surface area contributed by atoms with E-state index in [1.165, 1.54) is 16.2 Å². The maximum atomic E-state index is 9.90. The first kappa shape index (κ1) is 31.5. The van der Waals surface area contributed by atoms with Crippen LogP contribution in [0.25, 0.3) is 21.7 Å². The third-order valence-corrected chi connectivity index (χ3v) is 3.46. The molecule has 0 spiro atoms. The van der Waals surface area contributed by atoms with E-state index >= 15 is 0 Å². The Balaban J connectivity index is 0. The van der Waals surface area contributed by atoms with Crippen molar-refractivity contribution in [3.8, 4) is 0 Å². The van der Waals surface area contributed by atoms with Gasteiger partial charge in [0.05, 0.1) is 5.52 Å². The van der Waals surface area contributed by atoms with Crippen molar-refractivity contribution >= 4 is 33.9 Å². The normalized spacial score (nSPS) is 10.2. The second-order valence-electron chi connectivity index (χ2n) is 8.72. The van der Waals surface area contributed by atoms with Crippen LogP contribution in [0.3, 0.4) is 0 Å². The van der Waals surface area contributed by atoms with E-state index in [2.05, 4.69) is 45.9 Å². The Kier molecular flexibility index (Phi) is 13.4. The summed E-state index contributed by atoms with van der Waals surface area (Å²) >= 11 is 0. The van der Waals surface area contributed by atoms with Gasteiger partial charge in [0.2, 0.25) is 0 Å². The fourth-order valence-electron chi connectivity index (χ4n) is 2.45. The monoisotopic (exact) mass is 625 g/mol. The number of nitrogens with one attached hydrogen (secondary N) is 2. The summed E-state index contributed by atoms with van der Waals surface area (Å²) in [5.74, 6) is 0. The van der Waals surface area contributed by atoms with Gasteiger partial charge in [0.25, 0.3) is 0 Å². The molecule has 0 saturated heterocycles. The van der Waals surface area contributed by atoms with Gasteiger partial charge in [-0.25, -0.2) is 9.59 Å². The number of amides is 2. The maximum Gasteiger partial charge on any atom is 0.405 e. The molecule has 0 unspecified atom stereocenters. The van der Waals surface area contributed by atoms with Gasteiger partial charge in [-0.3, -0.25) is 4.98 Å². The summed E-state index contributed by atoms with van der Waals surface area (Å²) in [7, 11) is 0. The summed E-state index contributed by atoms with van der Waals surface area (Å²) in [5, 5.41) is 24.6. The van der Waals surface area contributed by atoms with E-state index in [9.17, 15) is 9.59 Å². The number of pyridine rings is 1. The van der Waals surface area contributed by atoms with Crippen molar-refractivity contribution in [2.24, 2.45) is 0 Å². The van der Waals surface area contributed by atoms with E-state index in [0.29, 0.717) is 0 Å². The van der Waals surface area contributed by atoms with Gasteiger partial charge in [-0.15, -0.1) is 0 Å². The Morgan fingerprint density at radius 2 is 1.16 bits per heavy atom. The average Bonchev–Trinajstić information content (AvgIpc) is 2.58. The topological polar surface area (TPSA) is 147 Å².